The van der Waals surface area contributed by atoms with Crippen molar-refractivity contribution in [3.05, 3.63) is 52.2 Å². The number of benzene rings is 1. The van der Waals surface area contributed by atoms with Crippen molar-refractivity contribution in [3.63, 3.8) is 0 Å². The first-order chi connectivity index (χ1) is 9.54. The molecule has 0 bridgehead atoms. The van der Waals surface area contributed by atoms with Crippen molar-refractivity contribution in [2.45, 2.75) is 20.8 Å². The highest BCUT2D eigenvalue weighted by molar-refractivity contribution is 5.77. The summed E-state index contributed by atoms with van der Waals surface area (Å²) in [5.41, 5.74) is 1.49. The molecule has 2 aromatic heterocycles. The van der Waals surface area contributed by atoms with Gasteiger partial charge in [0.15, 0.2) is 0 Å². The Balaban J connectivity index is 2.31. The van der Waals surface area contributed by atoms with Crippen molar-refractivity contribution in [1.82, 2.24) is 15.0 Å². The molecule has 20 heavy (non-hydrogen) atoms. The summed E-state index contributed by atoms with van der Waals surface area (Å²) in [4.78, 5) is 24.6. The van der Waals surface area contributed by atoms with Crippen LogP contribution in [0.1, 0.15) is 17.2 Å². The lowest BCUT2D eigenvalue weighted by atomic mass is 10.2. The number of aryl methyl sites for hydroxylation is 3. The Kier molecular flexibility index (Phi) is 2.78. The fraction of sp³-hybridized carbons (Fsp3) is 0.214. The minimum atomic E-state index is -0.517. The van der Waals surface area contributed by atoms with Crippen LogP contribution in [0.3, 0.4) is 0 Å². The summed E-state index contributed by atoms with van der Waals surface area (Å²) in [7, 11) is 0. The Hall–Kier alpha value is -2.63. The molecule has 6 heteroatoms. The molecule has 0 amide bonds. The number of rotatable bonds is 1. The lowest BCUT2D eigenvalue weighted by molar-refractivity contribution is -0.630. The first-order valence-corrected chi connectivity index (χ1v) is 6.19. The number of hydrogen-bond acceptors (Lipinski definition) is 5. The molecule has 0 aliphatic rings. The van der Waals surface area contributed by atoms with Gasteiger partial charge >= 0.3 is 11.7 Å². The predicted molar refractivity (Wildman–Crippen MR) is 71.6 cm³/mol. The molecule has 0 aliphatic carbocycles. The van der Waals surface area contributed by atoms with Crippen LogP contribution in [-0.4, -0.2) is 15.0 Å². The van der Waals surface area contributed by atoms with Crippen molar-refractivity contribution in [2.24, 2.45) is 0 Å². The second-order valence-corrected chi connectivity index (χ2v) is 4.59. The van der Waals surface area contributed by atoms with E-state index in [-0.39, 0.29) is 5.95 Å². The predicted octanol–water partition coefficient (Wildman–Crippen LogP) is 1.18. The highest BCUT2D eigenvalue weighted by Gasteiger charge is 2.18. The van der Waals surface area contributed by atoms with Crippen LogP contribution in [-0.2, 0) is 0 Å². The summed E-state index contributed by atoms with van der Waals surface area (Å²) in [5.74, 6) is 0.872. The zero-order valence-corrected chi connectivity index (χ0v) is 11.4. The largest absolute Gasteiger partial charge is 0.488 e. The van der Waals surface area contributed by atoms with E-state index in [1.807, 2.05) is 25.1 Å². The number of hydrogen-bond donors (Lipinski definition) is 0. The third kappa shape index (κ3) is 2.05. The highest BCUT2D eigenvalue weighted by atomic mass is 16.4. The lowest BCUT2D eigenvalue weighted by Gasteiger charge is -2.01. The Morgan fingerprint density at radius 2 is 1.75 bits per heavy atom. The maximum atomic E-state index is 12.1. The fourth-order valence-electron chi connectivity index (χ4n) is 2.09. The van der Waals surface area contributed by atoms with Gasteiger partial charge in [-0.15, -0.1) is 4.57 Å². The van der Waals surface area contributed by atoms with E-state index in [1.54, 1.807) is 20.0 Å². The van der Waals surface area contributed by atoms with Gasteiger partial charge in [-0.25, -0.2) is 4.79 Å². The van der Waals surface area contributed by atoms with Gasteiger partial charge in [-0.05, 0) is 18.6 Å². The molecule has 0 N–H and O–H groups in total. The maximum absolute atomic E-state index is 12.1. The molecule has 0 aliphatic heterocycles. The molecular weight excluding hydrogens is 256 g/mol. The number of para-hydroxylation sites is 1. The van der Waals surface area contributed by atoms with E-state index in [0.717, 1.165) is 10.9 Å². The molecule has 100 valence electrons. The molecule has 0 saturated heterocycles. The minimum Gasteiger partial charge on any atom is -0.397 e. The molecule has 0 radical (unpaired) electrons. The average molecular weight is 269 g/mol. The quantitative estimate of drug-likeness (QED) is 0.620. The third-order valence-corrected chi connectivity index (χ3v) is 2.96. The minimum absolute atomic E-state index is 0.271. The molecule has 6 nitrogen and oxygen atoms in total. The van der Waals surface area contributed by atoms with Gasteiger partial charge in [-0.2, -0.15) is 4.98 Å². The van der Waals surface area contributed by atoms with Crippen LogP contribution in [0.15, 0.2) is 33.6 Å². The van der Waals surface area contributed by atoms with Gasteiger partial charge in [0.2, 0.25) is 11.6 Å². The monoisotopic (exact) mass is 269 g/mol. The van der Waals surface area contributed by atoms with Crippen LogP contribution in [0.5, 0.6) is 0 Å². The van der Waals surface area contributed by atoms with Gasteiger partial charge in [0.25, 0.3) is 0 Å². The highest BCUT2D eigenvalue weighted by Crippen LogP contribution is 2.14. The zero-order valence-electron chi connectivity index (χ0n) is 11.4. The summed E-state index contributed by atoms with van der Waals surface area (Å²) in [5, 5.41) is 0.820. The van der Waals surface area contributed by atoms with Crippen molar-refractivity contribution in [3.8, 4) is 5.95 Å². The maximum Gasteiger partial charge on any atom is 0.488 e. The Bertz CT molecular complexity index is 850. The van der Waals surface area contributed by atoms with E-state index in [1.165, 1.54) is 4.57 Å². The molecule has 0 unspecified atom stereocenters. The van der Waals surface area contributed by atoms with Gasteiger partial charge in [-0.3, -0.25) is 0 Å². The van der Waals surface area contributed by atoms with E-state index >= 15 is 0 Å². The van der Waals surface area contributed by atoms with Gasteiger partial charge in [0.05, 0.1) is 6.20 Å². The molecular formula is C14H13N4O2+. The van der Waals surface area contributed by atoms with Crippen molar-refractivity contribution in [2.75, 3.05) is 0 Å². The van der Waals surface area contributed by atoms with Crippen LogP contribution < -0.4 is 10.3 Å². The molecule has 0 fully saturated rings. The molecule has 0 atom stereocenters. The van der Waals surface area contributed by atoms with Crippen molar-refractivity contribution < 1.29 is 8.98 Å². The number of nitrogens with zero attached hydrogens (tertiary/aromatic N) is 4. The van der Waals surface area contributed by atoms with E-state index in [2.05, 4.69) is 15.0 Å². The molecule has 0 saturated carbocycles. The summed E-state index contributed by atoms with van der Waals surface area (Å²) in [6.07, 6.45) is 1.68. The van der Waals surface area contributed by atoms with E-state index in [9.17, 15) is 4.79 Å². The fourth-order valence-corrected chi connectivity index (χ4v) is 2.09. The van der Waals surface area contributed by atoms with Crippen molar-refractivity contribution >= 4 is 11.0 Å². The SMILES string of the molecule is Cc1nc(C)nc(-[n+]2cc3cccc(C)c3oc2=O)n1. The standard InChI is InChI=1S/C14H13N4O2/c1-8-5-4-6-11-7-18(14(19)20-12(8)11)13-16-9(2)15-10(3)17-13/h4-7H,1-3H3/q+1. The third-order valence-electron chi connectivity index (χ3n) is 2.96. The Morgan fingerprint density at radius 3 is 2.45 bits per heavy atom. The van der Waals surface area contributed by atoms with Gasteiger partial charge in [0.1, 0.15) is 5.58 Å². The Morgan fingerprint density at radius 1 is 1.05 bits per heavy atom. The smallest absolute Gasteiger partial charge is 0.397 e. The van der Waals surface area contributed by atoms with Gasteiger partial charge < -0.3 is 4.42 Å². The molecule has 3 rings (SSSR count). The molecule has 2 heterocycles. The second kappa shape index (κ2) is 4.48. The summed E-state index contributed by atoms with van der Waals surface area (Å²) < 4.78 is 6.66. The number of aromatic nitrogens is 4. The summed E-state index contributed by atoms with van der Waals surface area (Å²) in [6.45, 7) is 5.41. The molecule has 3 aromatic rings. The van der Waals surface area contributed by atoms with Gasteiger partial charge in [-0.1, -0.05) is 22.1 Å². The average Bonchev–Trinajstić information content (AvgIpc) is 2.38. The van der Waals surface area contributed by atoms with Crippen LogP contribution >= 0.6 is 0 Å². The van der Waals surface area contributed by atoms with E-state index < -0.39 is 5.76 Å². The molecule has 0 spiro atoms. The lowest BCUT2D eigenvalue weighted by Crippen LogP contribution is -2.48. The number of fused-ring (bicyclic) bond motifs is 1. The van der Waals surface area contributed by atoms with Crippen LogP contribution in [0.25, 0.3) is 16.9 Å². The van der Waals surface area contributed by atoms with Crippen molar-refractivity contribution in [1.29, 1.82) is 0 Å². The second-order valence-electron chi connectivity index (χ2n) is 4.59. The van der Waals surface area contributed by atoms with Crippen LogP contribution in [0.4, 0.5) is 0 Å². The van der Waals surface area contributed by atoms with E-state index in [4.69, 9.17) is 4.42 Å². The Labute approximate surface area is 114 Å². The zero-order chi connectivity index (χ0) is 14.3. The van der Waals surface area contributed by atoms with Gasteiger partial charge in [0, 0.05) is 19.2 Å². The van der Waals surface area contributed by atoms with Crippen LogP contribution in [0.2, 0.25) is 0 Å². The molecule has 1 aromatic carbocycles. The van der Waals surface area contributed by atoms with E-state index in [0.29, 0.717) is 17.2 Å². The summed E-state index contributed by atoms with van der Waals surface area (Å²) in [6, 6.07) is 5.68. The normalized spacial score (nSPS) is 10.9. The van der Waals surface area contributed by atoms with Crippen LogP contribution in [0, 0.1) is 20.8 Å². The first-order valence-electron chi connectivity index (χ1n) is 6.19. The first kappa shape index (κ1) is 12.4. The summed E-state index contributed by atoms with van der Waals surface area (Å²) >= 11 is 0. The topological polar surface area (TPSA) is 72.8 Å².